The van der Waals surface area contributed by atoms with Gasteiger partial charge in [-0.05, 0) is 42.2 Å². The fourth-order valence-corrected chi connectivity index (χ4v) is 3.06. The van der Waals surface area contributed by atoms with Crippen molar-refractivity contribution in [2.24, 2.45) is 5.41 Å². The van der Waals surface area contributed by atoms with E-state index in [4.69, 9.17) is 23.2 Å². The van der Waals surface area contributed by atoms with Crippen molar-refractivity contribution in [1.82, 2.24) is 0 Å². The fourth-order valence-electron chi connectivity index (χ4n) is 2.40. The van der Waals surface area contributed by atoms with Crippen molar-refractivity contribution in [3.63, 3.8) is 0 Å². The maximum absolute atomic E-state index is 13.9. The molecule has 0 heterocycles. The first kappa shape index (κ1) is 16.3. The normalized spacial score (nSPS) is 11.6. The second-order valence-electron chi connectivity index (χ2n) is 5.34. The molecule has 2 aromatic rings. The molecule has 0 aliphatic rings. The van der Waals surface area contributed by atoms with Gasteiger partial charge in [0.05, 0.1) is 0 Å². The third-order valence-corrected chi connectivity index (χ3v) is 4.70. The third-order valence-electron chi connectivity index (χ3n) is 3.56. The van der Waals surface area contributed by atoms with E-state index in [-0.39, 0.29) is 11.8 Å². The largest absolute Gasteiger partial charge is 0.207 e. The zero-order valence-corrected chi connectivity index (χ0v) is 13.0. The average Bonchev–Trinajstić information content (AvgIpc) is 2.51. The van der Waals surface area contributed by atoms with Crippen molar-refractivity contribution in [1.29, 1.82) is 0 Å². The van der Waals surface area contributed by atoms with E-state index in [0.29, 0.717) is 18.4 Å². The summed E-state index contributed by atoms with van der Waals surface area (Å²) in [5.41, 5.74) is 0.891. The molecule has 0 unspecified atom stereocenters. The predicted octanol–water partition coefficient (Wildman–Crippen LogP) is 5.21. The molecule has 0 radical (unpaired) electrons. The lowest BCUT2D eigenvalue weighted by Crippen LogP contribution is -2.31. The Hall–Kier alpha value is -1.12. The molecule has 0 amide bonds. The summed E-state index contributed by atoms with van der Waals surface area (Å²) >= 11 is 12.2. The lowest BCUT2D eigenvalue weighted by Gasteiger charge is -2.30. The van der Waals surface area contributed by atoms with E-state index in [0.717, 1.165) is 17.7 Å². The molecular weight excluding hydrogens is 313 g/mol. The van der Waals surface area contributed by atoms with Crippen LogP contribution in [0.1, 0.15) is 11.1 Å². The number of halogens is 4. The van der Waals surface area contributed by atoms with Gasteiger partial charge in [-0.25, -0.2) is 8.78 Å². The summed E-state index contributed by atoms with van der Waals surface area (Å²) in [6.45, 7) is 0. The van der Waals surface area contributed by atoms with Gasteiger partial charge in [0.15, 0.2) is 0 Å². The van der Waals surface area contributed by atoms with Crippen LogP contribution in [0, 0.1) is 17.0 Å². The van der Waals surface area contributed by atoms with Gasteiger partial charge < -0.3 is 0 Å². The summed E-state index contributed by atoms with van der Waals surface area (Å²) in [7, 11) is 0. The minimum absolute atomic E-state index is 0.279. The summed E-state index contributed by atoms with van der Waals surface area (Å²) in [6, 6.07) is 13.2. The first-order valence-electron chi connectivity index (χ1n) is 6.68. The minimum atomic E-state index is -0.501. The van der Waals surface area contributed by atoms with E-state index in [2.05, 4.69) is 0 Å². The van der Waals surface area contributed by atoms with E-state index in [9.17, 15) is 8.78 Å². The second kappa shape index (κ2) is 7.24. The minimum Gasteiger partial charge on any atom is -0.207 e. The number of benzene rings is 2. The summed E-state index contributed by atoms with van der Waals surface area (Å²) in [6.07, 6.45) is 0.926. The van der Waals surface area contributed by atoms with Crippen LogP contribution in [-0.2, 0) is 12.8 Å². The van der Waals surface area contributed by atoms with Crippen LogP contribution >= 0.6 is 23.2 Å². The zero-order valence-electron chi connectivity index (χ0n) is 11.5. The van der Waals surface area contributed by atoms with Crippen molar-refractivity contribution in [2.75, 3.05) is 11.8 Å². The Kier molecular flexibility index (Phi) is 5.60. The van der Waals surface area contributed by atoms with Gasteiger partial charge in [0.2, 0.25) is 0 Å². The maximum atomic E-state index is 13.9. The van der Waals surface area contributed by atoms with Crippen molar-refractivity contribution >= 4 is 23.2 Å². The molecule has 0 aliphatic carbocycles. The highest BCUT2D eigenvalue weighted by atomic mass is 35.5. The topological polar surface area (TPSA) is 0 Å². The van der Waals surface area contributed by atoms with Crippen LogP contribution in [-0.4, -0.2) is 11.8 Å². The van der Waals surface area contributed by atoms with Gasteiger partial charge in [-0.3, -0.25) is 0 Å². The van der Waals surface area contributed by atoms with Crippen molar-refractivity contribution in [3.8, 4) is 0 Å². The Morgan fingerprint density at radius 1 is 0.857 bits per heavy atom. The first-order valence-corrected chi connectivity index (χ1v) is 7.75. The van der Waals surface area contributed by atoms with Crippen LogP contribution in [0.5, 0.6) is 0 Å². The predicted molar refractivity (Wildman–Crippen MR) is 84.1 cm³/mol. The van der Waals surface area contributed by atoms with Crippen LogP contribution in [0.4, 0.5) is 8.78 Å². The lowest BCUT2D eigenvalue weighted by molar-refractivity contribution is 0.366. The Balaban J connectivity index is 2.27. The maximum Gasteiger partial charge on any atom is 0.126 e. The molecule has 0 bridgehead atoms. The number of alkyl halides is 2. The van der Waals surface area contributed by atoms with E-state index in [1.54, 1.807) is 0 Å². The van der Waals surface area contributed by atoms with Gasteiger partial charge in [0.25, 0.3) is 0 Å². The molecule has 4 heteroatoms. The molecule has 0 N–H and O–H groups in total. The van der Waals surface area contributed by atoms with E-state index in [1.807, 2.05) is 30.3 Å². The third kappa shape index (κ3) is 4.18. The molecule has 0 saturated carbocycles. The molecule has 0 aliphatic heterocycles. The smallest absolute Gasteiger partial charge is 0.126 e. The first-order chi connectivity index (χ1) is 10.1. The Morgan fingerprint density at radius 3 is 2.14 bits per heavy atom. The highest BCUT2D eigenvalue weighted by molar-refractivity contribution is 6.21. The second-order valence-corrected chi connectivity index (χ2v) is 5.88. The summed E-state index contributed by atoms with van der Waals surface area (Å²) in [4.78, 5) is 0. The van der Waals surface area contributed by atoms with Crippen LogP contribution in [0.25, 0.3) is 0 Å². The van der Waals surface area contributed by atoms with Crippen molar-refractivity contribution in [2.45, 2.75) is 12.8 Å². The van der Waals surface area contributed by atoms with Crippen molar-refractivity contribution in [3.05, 3.63) is 71.3 Å². The van der Waals surface area contributed by atoms with Crippen LogP contribution in [0.15, 0.2) is 48.5 Å². The van der Waals surface area contributed by atoms with Crippen molar-refractivity contribution < 1.29 is 8.78 Å². The fraction of sp³-hybridized carbons (Fsp3) is 0.294. The van der Waals surface area contributed by atoms with E-state index in [1.165, 1.54) is 6.07 Å². The highest BCUT2D eigenvalue weighted by Gasteiger charge is 2.30. The molecule has 112 valence electrons. The molecule has 2 rings (SSSR count). The molecule has 0 fully saturated rings. The number of rotatable bonds is 6. The molecular formula is C17H16Cl2F2. The molecule has 0 spiro atoms. The van der Waals surface area contributed by atoms with Gasteiger partial charge in [-0.2, -0.15) is 0 Å². The van der Waals surface area contributed by atoms with Gasteiger partial charge in [0.1, 0.15) is 11.6 Å². The molecule has 0 aromatic heterocycles. The standard InChI is InChI=1S/C17H16Cl2F2/c18-11-17(12-19,9-13-4-2-1-3-5-13)10-14-8-15(20)6-7-16(14)21/h1-8H,9-12H2. The average molecular weight is 329 g/mol. The van der Waals surface area contributed by atoms with Gasteiger partial charge in [0, 0.05) is 17.2 Å². The molecule has 21 heavy (non-hydrogen) atoms. The Morgan fingerprint density at radius 2 is 1.52 bits per heavy atom. The number of hydrogen-bond acceptors (Lipinski definition) is 0. The Bertz CT molecular complexity index is 581. The van der Waals surface area contributed by atoms with Gasteiger partial charge >= 0.3 is 0 Å². The monoisotopic (exact) mass is 328 g/mol. The number of hydrogen-bond donors (Lipinski definition) is 0. The van der Waals surface area contributed by atoms with Crippen LogP contribution < -0.4 is 0 Å². The molecule has 2 aromatic carbocycles. The summed E-state index contributed by atoms with van der Waals surface area (Å²) in [5.74, 6) is -0.323. The van der Waals surface area contributed by atoms with Crippen LogP contribution in [0.3, 0.4) is 0 Å². The lowest BCUT2D eigenvalue weighted by atomic mass is 9.79. The summed E-state index contributed by atoms with van der Waals surface area (Å²) < 4.78 is 27.2. The van der Waals surface area contributed by atoms with E-state index >= 15 is 0 Å². The summed E-state index contributed by atoms with van der Waals surface area (Å²) in [5, 5.41) is 0. The SMILES string of the molecule is Fc1ccc(F)c(CC(CCl)(CCl)Cc2ccccc2)c1. The van der Waals surface area contributed by atoms with Crippen LogP contribution in [0.2, 0.25) is 0 Å². The zero-order chi connectivity index (χ0) is 15.3. The molecule has 0 atom stereocenters. The molecule has 0 nitrogen and oxygen atoms in total. The Labute approximate surface area is 133 Å². The van der Waals surface area contributed by atoms with Gasteiger partial charge in [-0.1, -0.05) is 30.3 Å². The van der Waals surface area contributed by atoms with E-state index < -0.39 is 17.0 Å². The highest BCUT2D eigenvalue weighted by Crippen LogP contribution is 2.32. The molecule has 0 saturated heterocycles. The quantitative estimate of drug-likeness (QED) is 0.638. The van der Waals surface area contributed by atoms with Gasteiger partial charge in [-0.15, -0.1) is 23.2 Å².